The molecule has 2 N–H and O–H groups in total. The normalized spacial score (nSPS) is 25.7. The zero-order valence-electron chi connectivity index (χ0n) is 10.3. The number of hydrogen-bond acceptors (Lipinski definition) is 5. The van der Waals surface area contributed by atoms with Crippen molar-refractivity contribution in [2.24, 2.45) is 0 Å². The number of amides is 1. The molecule has 0 aromatic heterocycles. The van der Waals surface area contributed by atoms with Crippen LogP contribution in [0.2, 0.25) is 0 Å². The van der Waals surface area contributed by atoms with Crippen LogP contribution in [0.4, 0.5) is 0 Å². The van der Waals surface area contributed by atoms with Crippen molar-refractivity contribution in [2.45, 2.75) is 37.2 Å². The van der Waals surface area contributed by atoms with Crippen LogP contribution < -0.4 is 5.32 Å². The molecule has 0 bridgehead atoms. The van der Waals surface area contributed by atoms with Gasteiger partial charge >= 0.3 is 5.97 Å². The molecule has 1 rings (SSSR count). The van der Waals surface area contributed by atoms with E-state index in [1.807, 2.05) is 0 Å². The molecule has 18 heavy (non-hydrogen) atoms. The molecule has 0 saturated carbocycles. The molecule has 1 aliphatic rings. The van der Waals surface area contributed by atoms with Gasteiger partial charge in [-0.15, -0.1) is 0 Å². The van der Waals surface area contributed by atoms with E-state index in [2.05, 4.69) is 5.32 Å². The van der Waals surface area contributed by atoms with E-state index in [1.165, 1.54) is 6.92 Å². The molecule has 0 aromatic carbocycles. The average Bonchev–Trinajstić information content (AvgIpc) is 2.72. The van der Waals surface area contributed by atoms with Gasteiger partial charge in [-0.1, -0.05) is 0 Å². The summed E-state index contributed by atoms with van der Waals surface area (Å²) < 4.78 is 27.5. The number of carbonyl (C=O) groups is 2. The van der Waals surface area contributed by atoms with Crippen LogP contribution in [0.15, 0.2) is 0 Å². The standard InChI is InChI=1S/C10H17NO6S/c1-6(18(2,15)16)9(12)11-5-7-3-4-8(17-7)10(13)14/h6-8H,3-5H2,1-2H3,(H,11,12)(H,13,14). The van der Waals surface area contributed by atoms with Crippen molar-refractivity contribution in [3.05, 3.63) is 0 Å². The van der Waals surface area contributed by atoms with Gasteiger partial charge in [0.05, 0.1) is 6.10 Å². The van der Waals surface area contributed by atoms with E-state index >= 15 is 0 Å². The Morgan fingerprint density at radius 3 is 2.50 bits per heavy atom. The maximum atomic E-state index is 11.5. The summed E-state index contributed by atoms with van der Waals surface area (Å²) >= 11 is 0. The van der Waals surface area contributed by atoms with Crippen LogP contribution in [0, 0.1) is 0 Å². The molecule has 0 spiro atoms. The van der Waals surface area contributed by atoms with Gasteiger partial charge in [0.15, 0.2) is 15.9 Å². The highest BCUT2D eigenvalue weighted by atomic mass is 32.2. The highest BCUT2D eigenvalue weighted by Gasteiger charge is 2.31. The first-order valence-electron chi connectivity index (χ1n) is 5.56. The number of aliphatic carboxylic acids is 1. The van der Waals surface area contributed by atoms with Crippen LogP contribution in [0.1, 0.15) is 19.8 Å². The Morgan fingerprint density at radius 2 is 2.06 bits per heavy atom. The number of carboxylic acids is 1. The summed E-state index contributed by atoms with van der Waals surface area (Å²) in [6.45, 7) is 1.43. The van der Waals surface area contributed by atoms with Crippen molar-refractivity contribution in [2.75, 3.05) is 12.8 Å². The van der Waals surface area contributed by atoms with Gasteiger partial charge in [-0.3, -0.25) is 4.79 Å². The molecule has 3 unspecified atom stereocenters. The van der Waals surface area contributed by atoms with Gasteiger partial charge in [0, 0.05) is 12.8 Å². The smallest absolute Gasteiger partial charge is 0.332 e. The zero-order valence-corrected chi connectivity index (χ0v) is 11.1. The van der Waals surface area contributed by atoms with E-state index in [0.717, 1.165) is 6.26 Å². The van der Waals surface area contributed by atoms with Gasteiger partial charge in [-0.05, 0) is 19.8 Å². The molecule has 1 aliphatic heterocycles. The van der Waals surface area contributed by atoms with Crippen LogP contribution in [-0.4, -0.2) is 55.7 Å². The second-order valence-corrected chi connectivity index (χ2v) is 6.75. The number of sulfone groups is 1. The number of ether oxygens (including phenoxy) is 1. The molecule has 1 heterocycles. The lowest BCUT2D eigenvalue weighted by Crippen LogP contribution is -2.41. The van der Waals surface area contributed by atoms with Crippen molar-refractivity contribution in [3.63, 3.8) is 0 Å². The average molecular weight is 279 g/mol. The van der Waals surface area contributed by atoms with E-state index in [9.17, 15) is 18.0 Å². The Balaban J connectivity index is 2.39. The minimum absolute atomic E-state index is 0.127. The monoisotopic (exact) mass is 279 g/mol. The summed E-state index contributed by atoms with van der Waals surface area (Å²) in [5, 5.41) is 10.0. The van der Waals surface area contributed by atoms with Crippen molar-refractivity contribution in [1.82, 2.24) is 5.32 Å². The van der Waals surface area contributed by atoms with Crippen molar-refractivity contribution in [1.29, 1.82) is 0 Å². The van der Waals surface area contributed by atoms with E-state index < -0.39 is 33.1 Å². The number of carboxylic acid groups (broad SMARTS) is 1. The van der Waals surface area contributed by atoms with Crippen LogP contribution in [-0.2, 0) is 24.2 Å². The van der Waals surface area contributed by atoms with E-state index in [-0.39, 0.29) is 12.6 Å². The Hall–Kier alpha value is -1.15. The van der Waals surface area contributed by atoms with Gasteiger partial charge in [0.1, 0.15) is 5.25 Å². The molecule has 0 aliphatic carbocycles. The molecular weight excluding hydrogens is 262 g/mol. The third kappa shape index (κ3) is 3.95. The fourth-order valence-electron chi connectivity index (χ4n) is 1.59. The number of hydrogen-bond donors (Lipinski definition) is 2. The highest BCUT2D eigenvalue weighted by Crippen LogP contribution is 2.19. The molecule has 8 heteroatoms. The Labute approximate surface area is 105 Å². The minimum atomic E-state index is -3.42. The predicted octanol–water partition coefficient (Wildman–Crippen LogP) is -0.832. The van der Waals surface area contributed by atoms with Gasteiger partial charge in [0.2, 0.25) is 5.91 Å². The van der Waals surface area contributed by atoms with Crippen LogP contribution in [0.3, 0.4) is 0 Å². The fraction of sp³-hybridized carbons (Fsp3) is 0.800. The molecule has 1 amide bonds. The molecule has 0 radical (unpaired) electrons. The van der Waals surface area contributed by atoms with Gasteiger partial charge in [0.25, 0.3) is 0 Å². The number of rotatable bonds is 5. The Kier molecular flexibility index (Phi) is 4.69. The molecule has 7 nitrogen and oxygen atoms in total. The third-order valence-corrected chi connectivity index (χ3v) is 4.40. The number of carbonyl (C=O) groups excluding carboxylic acids is 1. The molecule has 0 aromatic rings. The molecule has 1 fully saturated rings. The maximum Gasteiger partial charge on any atom is 0.332 e. The van der Waals surface area contributed by atoms with Crippen LogP contribution in [0.5, 0.6) is 0 Å². The third-order valence-electron chi connectivity index (χ3n) is 2.90. The molecular formula is C10H17NO6S. The lowest BCUT2D eigenvalue weighted by Gasteiger charge is -2.14. The first-order chi connectivity index (χ1) is 8.21. The Bertz CT molecular complexity index is 432. The van der Waals surface area contributed by atoms with E-state index in [4.69, 9.17) is 9.84 Å². The van der Waals surface area contributed by atoms with Crippen LogP contribution in [0.25, 0.3) is 0 Å². The van der Waals surface area contributed by atoms with Gasteiger partial charge in [-0.25, -0.2) is 13.2 Å². The summed E-state index contributed by atoms with van der Waals surface area (Å²) in [5.41, 5.74) is 0. The van der Waals surface area contributed by atoms with E-state index in [0.29, 0.717) is 12.8 Å². The minimum Gasteiger partial charge on any atom is -0.479 e. The maximum absolute atomic E-state index is 11.5. The van der Waals surface area contributed by atoms with E-state index in [1.54, 1.807) is 0 Å². The van der Waals surface area contributed by atoms with Gasteiger partial charge in [-0.2, -0.15) is 0 Å². The second-order valence-electron chi connectivity index (χ2n) is 4.38. The lowest BCUT2D eigenvalue weighted by atomic mass is 10.2. The SMILES string of the molecule is CC(C(=O)NCC1CCC(C(=O)O)O1)S(C)(=O)=O. The van der Waals surface area contributed by atoms with Crippen molar-refractivity contribution >= 4 is 21.7 Å². The Morgan fingerprint density at radius 1 is 1.44 bits per heavy atom. The zero-order chi connectivity index (χ0) is 13.9. The summed E-state index contributed by atoms with van der Waals surface area (Å²) in [7, 11) is -3.42. The second kappa shape index (κ2) is 5.66. The van der Waals surface area contributed by atoms with Gasteiger partial charge < -0.3 is 15.2 Å². The predicted molar refractivity (Wildman–Crippen MR) is 62.8 cm³/mol. The van der Waals surface area contributed by atoms with Crippen molar-refractivity contribution < 1.29 is 27.9 Å². The fourth-order valence-corrected chi connectivity index (χ4v) is 2.06. The lowest BCUT2D eigenvalue weighted by molar-refractivity contribution is -0.149. The highest BCUT2D eigenvalue weighted by molar-refractivity contribution is 7.92. The summed E-state index contributed by atoms with van der Waals surface area (Å²) in [4.78, 5) is 22.1. The summed E-state index contributed by atoms with van der Waals surface area (Å²) in [6.07, 6.45) is 0.715. The molecule has 3 atom stereocenters. The molecule has 104 valence electrons. The largest absolute Gasteiger partial charge is 0.479 e. The first-order valence-corrected chi connectivity index (χ1v) is 7.52. The van der Waals surface area contributed by atoms with Crippen molar-refractivity contribution in [3.8, 4) is 0 Å². The topological polar surface area (TPSA) is 110 Å². The molecule has 1 saturated heterocycles. The first kappa shape index (κ1) is 14.9. The number of nitrogens with one attached hydrogen (secondary N) is 1. The quantitative estimate of drug-likeness (QED) is 0.679. The van der Waals surface area contributed by atoms with Crippen LogP contribution >= 0.6 is 0 Å². The summed E-state index contributed by atoms with van der Waals surface area (Å²) in [6, 6.07) is 0. The summed E-state index contributed by atoms with van der Waals surface area (Å²) in [5.74, 6) is -1.62.